The van der Waals surface area contributed by atoms with Gasteiger partial charge in [-0.1, -0.05) is 0 Å². The number of aliphatic hydroxyl groups is 1. The van der Waals surface area contributed by atoms with Gasteiger partial charge in [-0.2, -0.15) is 5.10 Å². The van der Waals surface area contributed by atoms with Gasteiger partial charge in [0.1, 0.15) is 5.69 Å². The number of amides is 2. The number of hydrogen-bond donors (Lipinski definition) is 3. The molecule has 7 nitrogen and oxygen atoms in total. The number of carbonyl (C=O) groups is 2. The summed E-state index contributed by atoms with van der Waals surface area (Å²) in [5.41, 5.74) is -0.228. The molecule has 0 radical (unpaired) electrons. The van der Waals surface area contributed by atoms with Crippen LogP contribution in [0.2, 0.25) is 0 Å². The molecule has 1 aromatic heterocycles. The van der Waals surface area contributed by atoms with Crippen molar-refractivity contribution in [3.05, 3.63) is 41.3 Å². The van der Waals surface area contributed by atoms with E-state index in [0.717, 1.165) is 0 Å². The molecular formula is C18H19F3N4O3. The van der Waals surface area contributed by atoms with Gasteiger partial charge in [-0.15, -0.1) is 0 Å². The van der Waals surface area contributed by atoms with E-state index in [9.17, 15) is 27.9 Å². The van der Waals surface area contributed by atoms with Gasteiger partial charge in [-0.05, 0) is 25.7 Å². The molecule has 2 amide bonds. The van der Waals surface area contributed by atoms with Gasteiger partial charge in [0.2, 0.25) is 5.91 Å². The number of aryl methyl sites for hydroxylation is 1. The summed E-state index contributed by atoms with van der Waals surface area (Å²) in [6, 6.07) is 2.64. The third-order valence-corrected chi connectivity index (χ3v) is 4.67. The van der Waals surface area contributed by atoms with Gasteiger partial charge >= 0.3 is 0 Å². The quantitative estimate of drug-likeness (QED) is 0.692. The second-order valence-corrected chi connectivity index (χ2v) is 6.74. The van der Waals surface area contributed by atoms with Gasteiger partial charge in [0.15, 0.2) is 23.3 Å². The Kier molecular flexibility index (Phi) is 5.68. The lowest BCUT2D eigenvalue weighted by atomic mass is 9.87. The van der Waals surface area contributed by atoms with Gasteiger partial charge in [-0.3, -0.25) is 14.3 Å². The van der Waals surface area contributed by atoms with Gasteiger partial charge in [0.05, 0.1) is 6.10 Å². The molecule has 1 aliphatic rings. The molecule has 3 rings (SSSR count). The molecule has 1 heterocycles. The summed E-state index contributed by atoms with van der Waals surface area (Å²) in [6.45, 7) is 0. The molecule has 2 aromatic rings. The molecule has 1 aromatic carbocycles. The average molecular weight is 396 g/mol. The van der Waals surface area contributed by atoms with Crippen molar-refractivity contribution < 1.29 is 27.9 Å². The molecule has 1 fully saturated rings. The predicted octanol–water partition coefficient (Wildman–Crippen LogP) is 2.58. The number of nitrogens with one attached hydrogen (secondary N) is 2. The zero-order valence-electron chi connectivity index (χ0n) is 15.0. The van der Waals surface area contributed by atoms with Crippen LogP contribution in [0.4, 0.5) is 24.7 Å². The highest BCUT2D eigenvalue weighted by atomic mass is 19.2. The number of carbonyl (C=O) groups excluding carboxylic acids is 2. The Morgan fingerprint density at radius 1 is 1.07 bits per heavy atom. The second kappa shape index (κ2) is 8.01. The highest BCUT2D eigenvalue weighted by Gasteiger charge is 2.26. The fraction of sp³-hybridized carbons (Fsp3) is 0.389. The number of anilines is 2. The molecule has 0 atom stereocenters. The van der Waals surface area contributed by atoms with Crippen LogP contribution < -0.4 is 10.6 Å². The van der Waals surface area contributed by atoms with Crippen LogP contribution in [0.15, 0.2) is 18.2 Å². The van der Waals surface area contributed by atoms with E-state index < -0.39 is 23.4 Å². The summed E-state index contributed by atoms with van der Waals surface area (Å²) in [7, 11) is 1.47. The summed E-state index contributed by atoms with van der Waals surface area (Å²) >= 11 is 0. The number of aliphatic hydroxyl groups excluding tert-OH is 1. The predicted molar refractivity (Wildman–Crippen MR) is 94.1 cm³/mol. The summed E-state index contributed by atoms with van der Waals surface area (Å²) < 4.78 is 40.8. The van der Waals surface area contributed by atoms with E-state index in [1.807, 2.05) is 0 Å². The molecule has 0 saturated heterocycles. The first-order valence-corrected chi connectivity index (χ1v) is 8.73. The molecule has 0 bridgehead atoms. The molecule has 0 spiro atoms. The maximum absolute atomic E-state index is 13.3. The fourth-order valence-corrected chi connectivity index (χ4v) is 3.13. The van der Waals surface area contributed by atoms with E-state index in [4.69, 9.17) is 0 Å². The Morgan fingerprint density at radius 2 is 1.68 bits per heavy atom. The lowest BCUT2D eigenvalue weighted by Crippen LogP contribution is -2.28. The number of hydrogen-bond acceptors (Lipinski definition) is 4. The second-order valence-electron chi connectivity index (χ2n) is 6.74. The van der Waals surface area contributed by atoms with Crippen molar-refractivity contribution in [2.75, 3.05) is 10.6 Å². The smallest absolute Gasteiger partial charge is 0.274 e. The minimum atomic E-state index is -1.63. The molecule has 0 aliphatic heterocycles. The number of nitrogens with zero attached hydrogens (tertiary/aromatic N) is 2. The van der Waals surface area contributed by atoms with Gasteiger partial charge in [-0.25, -0.2) is 13.2 Å². The van der Waals surface area contributed by atoms with E-state index >= 15 is 0 Å². The Hall–Kier alpha value is -2.88. The van der Waals surface area contributed by atoms with Crippen LogP contribution in [-0.2, 0) is 11.8 Å². The SMILES string of the molecule is Cn1nc(NC(=O)C2CCC(O)CC2)cc1C(=O)Nc1cc(F)c(F)c(F)c1. The summed E-state index contributed by atoms with van der Waals surface area (Å²) in [4.78, 5) is 24.6. The fourth-order valence-electron chi connectivity index (χ4n) is 3.13. The molecule has 28 heavy (non-hydrogen) atoms. The zero-order valence-corrected chi connectivity index (χ0v) is 15.0. The highest BCUT2D eigenvalue weighted by Crippen LogP contribution is 2.25. The van der Waals surface area contributed by atoms with Crippen LogP contribution in [0.5, 0.6) is 0 Å². The van der Waals surface area contributed by atoms with E-state index in [1.54, 1.807) is 0 Å². The van der Waals surface area contributed by atoms with Crippen LogP contribution >= 0.6 is 0 Å². The van der Waals surface area contributed by atoms with Crippen molar-refractivity contribution in [2.24, 2.45) is 13.0 Å². The Labute approximate surface area is 158 Å². The van der Waals surface area contributed by atoms with Crippen LogP contribution in [0.25, 0.3) is 0 Å². The first-order chi connectivity index (χ1) is 13.2. The van der Waals surface area contributed by atoms with Gasteiger partial charge < -0.3 is 15.7 Å². The largest absolute Gasteiger partial charge is 0.393 e. The first-order valence-electron chi connectivity index (χ1n) is 8.73. The highest BCUT2D eigenvalue weighted by molar-refractivity contribution is 6.04. The zero-order chi connectivity index (χ0) is 20.4. The topological polar surface area (TPSA) is 96.2 Å². The van der Waals surface area contributed by atoms with Crippen LogP contribution in [0.3, 0.4) is 0 Å². The van der Waals surface area contributed by atoms with Crippen LogP contribution in [-0.4, -0.2) is 32.8 Å². The minimum absolute atomic E-state index is 0.0273. The molecular weight excluding hydrogens is 377 g/mol. The lowest BCUT2D eigenvalue weighted by molar-refractivity contribution is -0.121. The average Bonchev–Trinajstić information content (AvgIpc) is 3.00. The standard InChI is InChI=1S/C18H19F3N4O3/c1-25-14(18(28)22-10-6-12(19)16(21)13(20)7-10)8-15(24-25)23-17(27)9-2-4-11(26)5-3-9/h6-9,11,26H,2-5H2,1H3,(H,22,28)(H,23,24,27). The lowest BCUT2D eigenvalue weighted by Gasteiger charge is -2.23. The maximum Gasteiger partial charge on any atom is 0.274 e. The Bertz CT molecular complexity index is 884. The maximum atomic E-state index is 13.3. The van der Waals surface area contributed by atoms with E-state index in [2.05, 4.69) is 15.7 Å². The third-order valence-electron chi connectivity index (χ3n) is 4.67. The third kappa shape index (κ3) is 4.33. The molecule has 10 heteroatoms. The number of aromatic nitrogens is 2. The Balaban J connectivity index is 1.68. The van der Waals surface area contributed by atoms with E-state index in [1.165, 1.54) is 17.8 Å². The van der Waals surface area contributed by atoms with Crippen LogP contribution in [0, 0.1) is 23.4 Å². The van der Waals surface area contributed by atoms with E-state index in [-0.39, 0.29) is 35.1 Å². The van der Waals surface area contributed by atoms with Crippen molar-refractivity contribution in [2.45, 2.75) is 31.8 Å². The first kappa shape index (κ1) is 19.9. The monoisotopic (exact) mass is 396 g/mol. The number of halogens is 3. The number of rotatable bonds is 4. The van der Waals surface area contributed by atoms with Gasteiger partial charge in [0, 0.05) is 36.9 Å². The Morgan fingerprint density at radius 3 is 2.29 bits per heavy atom. The van der Waals surface area contributed by atoms with Crippen LogP contribution in [0.1, 0.15) is 36.2 Å². The normalized spacial score (nSPS) is 19.3. The summed E-state index contributed by atoms with van der Waals surface area (Å²) in [6.07, 6.45) is 1.86. The molecule has 150 valence electrons. The van der Waals surface area contributed by atoms with Crippen molar-refractivity contribution in [1.29, 1.82) is 0 Å². The van der Waals surface area contributed by atoms with Crippen molar-refractivity contribution in [3.63, 3.8) is 0 Å². The van der Waals surface area contributed by atoms with Crippen molar-refractivity contribution >= 4 is 23.3 Å². The molecule has 1 saturated carbocycles. The van der Waals surface area contributed by atoms with Crippen molar-refractivity contribution in [1.82, 2.24) is 9.78 Å². The van der Waals surface area contributed by atoms with Gasteiger partial charge in [0.25, 0.3) is 5.91 Å². The summed E-state index contributed by atoms with van der Waals surface area (Å²) in [5, 5.41) is 18.4. The minimum Gasteiger partial charge on any atom is -0.393 e. The van der Waals surface area contributed by atoms with Crippen molar-refractivity contribution in [3.8, 4) is 0 Å². The molecule has 3 N–H and O–H groups in total. The molecule has 0 unspecified atom stereocenters. The summed E-state index contributed by atoms with van der Waals surface area (Å²) in [5.74, 6) is -5.55. The number of benzene rings is 1. The molecule has 1 aliphatic carbocycles. The van der Waals surface area contributed by atoms with E-state index in [0.29, 0.717) is 37.8 Å².